The maximum Gasteiger partial charge on any atom is 0.207 e. The molecule has 15 heavy (non-hydrogen) atoms. The van der Waals surface area contributed by atoms with E-state index < -0.39 is 0 Å². The van der Waals surface area contributed by atoms with Crippen molar-refractivity contribution in [1.82, 2.24) is 5.32 Å². The van der Waals surface area contributed by atoms with E-state index in [-0.39, 0.29) is 5.60 Å². The Bertz CT molecular complexity index is 190. The molecule has 0 saturated carbocycles. The molecule has 0 aliphatic heterocycles. The molecular weight excluding hydrogens is 210 g/mol. The lowest BCUT2D eigenvalue weighted by molar-refractivity contribution is -0.109. The number of ether oxygens (including phenoxy) is 1. The average Bonchev–Trinajstić information content (AvgIpc) is 2.14. The van der Waals surface area contributed by atoms with Gasteiger partial charge in [-0.25, -0.2) is 0 Å². The van der Waals surface area contributed by atoms with Crippen molar-refractivity contribution in [3.63, 3.8) is 0 Å². The Hall–Kier alpha value is -0.480. The van der Waals surface area contributed by atoms with Crippen molar-refractivity contribution in [3.05, 3.63) is 0 Å². The van der Waals surface area contributed by atoms with Crippen LogP contribution in [-0.4, -0.2) is 30.5 Å². The Balaban J connectivity index is 3.61. The topological polar surface area (TPSA) is 38.3 Å². The average molecular weight is 231 g/mol. The summed E-state index contributed by atoms with van der Waals surface area (Å²) in [7, 11) is 0. The maximum atomic E-state index is 10.0. The Kier molecular flexibility index (Phi) is 7.52. The number of rotatable bonds is 8. The van der Waals surface area contributed by atoms with E-state index in [0.29, 0.717) is 25.5 Å². The molecule has 0 aromatic heterocycles. The van der Waals surface area contributed by atoms with E-state index in [1.807, 2.05) is 20.8 Å². The molecule has 0 aromatic carbocycles. The fraction of sp³-hybridized carbons (Fsp3) is 0.818. The van der Waals surface area contributed by atoms with Gasteiger partial charge in [0.25, 0.3) is 0 Å². The van der Waals surface area contributed by atoms with Crippen molar-refractivity contribution in [2.24, 2.45) is 5.92 Å². The maximum absolute atomic E-state index is 10.0. The highest BCUT2D eigenvalue weighted by atomic mass is 32.1. The largest absolute Gasteiger partial charge is 0.376 e. The van der Waals surface area contributed by atoms with Crippen molar-refractivity contribution >= 4 is 24.0 Å². The van der Waals surface area contributed by atoms with E-state index in [0.717, 1.165) is 12.8 Å². The lowest BCUT2D eigenvalue weighted by Crippen LogP contribution is -2.22. The van der Waals surface area contributed by atoms with Crippen molar-refractivity contribution in [1.29, 1.82) is 0 Å². The van der Waals surface area contributed by atoms with Crippen molar-refractivity contribution in [3.8, 4) is 0 Å². The van der Waals surface area contributed by atoms with Crippen LogP contribution in [0.2, 0.25) is 0 Å². The normalized spacial score (nSPS) is 13.3. The summed E-state index contributed by atoms with van der Waals surface area (Å²) >= 11 is 4.93. The van der Waals surface area contributed by atoms with Gasteiger partial charge < -0.3 is 10.1 Å². The zero-order valence-electron chi connectivity index (χ0n) is 9.79. The van der Waals surface area contributed by atoms with E-state index in [2.05, 4.69) is 5.32 Å². The second-order valence-electron chi connectivity index (χ2n) is 4.51. The monoisotopic (exact) mass is 231 g/mol. The van der Waals surface area contributed by atoms with Gasteiger partial charge in [0.1, 0.15) is 0 Å². The van der Waals surface area contributed by atoms with Gasteiger partial charge in [0.05, 0.1) is 5.60 Å². The van der Waals surface area contributed by atoms with Gasteiger partial charge in [0.15, 0.2) is 0 Å². The SMILES string of the molecule is CC(C)(C)OCCC(C=S)CCNC=O. The third-order valence-corrected chi connectivity index (χ3v) is 2.34. The molecule has 0 aliphatic carbocycles. The van der Waals surface area contributed by atoms with E-state index in [4.69, 9.17) is 17.0 Å². The molecule has 0 fully saturated rings. The molecule has 88 valence electrons. The molecule has 0 heterocycles. The predicted octanol–water partition coefficient (Wildman–Crippen LogP) is 1.94. The van der Waals surface area contributed by atoms with Crippen LogP contribution in [0.3, 0.4) is 0 Å². The quantitative estimate of drug-likeness (QED) is 0.394. The summed E-state index contributed by atoms with van der Waals surface area (Å²) in [5, 5.41) is 4.39. The molecule has 1 amide bonds. The van der Waals surface area contributed by atoms with Gasteiger partial charge >= 0.3 is 0 Å². The van der Waals surface area contributed by atoms with Gasteiger partial charge in [-0.2, -0.15) is 0 Å². The highest BCUT2D eigenvalue weighted by Gasteiger charge is 2.11. The number of thiocarbonyl (C=S) groups is 1. The Morgan fingerprint density at radius 3 is 2.53 bits per heavy atom. The molecule has 1 N–H and O–H groups in total. The lowest BCUT2D eigenvalue weighted by atomic mass is 10.0. The third-order valence-electron chi connectivity index (χ3n) is 1.96. The minimum absolute atomic E-state index is 0.0902. The van der Waals surface area contributed by atoms with Crippen molar-refractivity contribution in [2.75, 3.05) is 13.2 Å². The number of carbonyl (C=O) groups excluding carboxylic acids is 1. The number of carbonyl (C=O) groups is 1. The Labute approximate surface area is 97.6 Å². The van der Waals surface area contributed by atoms with Gasteiger partial charge in [-0.15, -0.1) is 0 Å². The van der Waals surface area contributed by atoms with Gasteiger partial charge in [-0.3, -0.25) is 4.79 Å². The molecule has 3 nitrogen and oxygen atoms in total. The zero-order valence-corrected chi connectivity index (χ0v) is 10.6. The first-order valence-corrected chi connectivity index (χ1v) is 5.73. The molecule has 0 rings (SSSR count). The van der Waals surface area contributed by atoms with Crippen LogP contribution >= 0.6 is 12.2 Å². The molecule has 0 aliphatic rings. The second-order valence-corrected chi connectivity index (χ2v) is 4.78. The number of amides is 1. The standard InChI is InChI=1S/C11H21NO2S/c1-11(2,3)14-7-5-10(8-15)4-6-12-9-13/h8-10H,4-7H2,1-3H3,(H,12,13). The number of hydrogen-bond donors (Lipinski definition) is 1. The van der Waals surface area contributed by atoms with E-state index >= 15 is 0 Å². The molecule has 0 aromatic rings. The third kappa shape index (κ3) is 9.82. The van der Waals surface area contributed by atoms with Gasteiger partial charge in [-0.05, 0) is 44.9 Å². The summed E-state index contributed by atoms with van der Waals surface area (Å²) in [4.78, 5) is 10.0. The van der Waals surface area contributed by atoms with Gasteiger partial charge in [-0.1, -0.05) is 12.2 Å². The van der Waals surface area contributed by atoms with E-state index in [9.17, 15) is 4.79 Å². The summed E-state index contributed by atoms with van der Waals surface area (Å²) in [6.45, 7) is 7.49. The van der Waals surface area contributed by atoms with Crippen molar-refractivity contribution in [2.45, 2.75) is 39.2 Å². The van der Waals surface area contributed by atoms with Crippen LogP contribution in [0.25, 0.3) is 0 Å². The summed E-state index contributed by atoms with van der Waals surface area (Å²) in [5.41, 5.74) is -0.0902. The molecule has 0 spiro atoms. The molecule has 4 heteroatoms. The zero-order chi connectivity index (χ0) is 11.7. The summed E-state index contributed by atoms with van der Waals surface area (Å²) in [6, 6.07) is 0. The first-order valence-electron chi connectivity index (χ1n) is 5.26. The fourth-order valence-corrected chi connectivity index (χ4v) is 1.40. The van der Waals surface area contributed by atoms with Crippen LogP contribution in [0.4, 0.5) is 0 Å². The van der Waals surface area contributed by atoms with Crippen molar-refractivity contribution < 1.29 is 9.53 Å². The smallest absolute Gasteiger partial charge is 0.207 e. The minimum Gasteiger partial charge on any atom is -0.376 e. The van der Waals surface area contributed by atoms with Crippen LogP contribution in [0, 0.1) is 5.92 Å². The first kappa shape index (κ1) is 14.5. The molecule has 1 unspecified atom stereocenters. The summed E-state index contributed by atoms with van der Waals surface area (Å²) < 4.78 is 5.61. The second kappa shape index (κ2) is 7.77. The first-order chi connectivity index (χ1) is 6.99. The highest BCUT2D eigenvalue weighted by Crippen LogP contribution is 2.11. The minimum atomic E-state index is -0.0902. The number of nitrogens with one attached hydrogen (secondary N) is 1. The summed E-state index contributed by atoms with van der Waals surface area (Å²) in [6.07, 6.45) is 2.52. The molecular formula is C11H21NO2S. The van der Waals surface area contributed by atoms with Crippen LogP contribution in [0.1, 0.15) is 33.6 Å². The van der Waals surface area contributed by atoms with Crippen LogP contribution in [0.5, 0.6) is 0 Å². The number of hydrogen-bond acceptors (Lipinski definition) is 3. The van der Waals surface area contributed by atoms with Crippen LogP contribution in [0.15, 0.2) is 0 Å². The molecule has 0 saturated heterocycles. The Morgan fingerprint density at radius 2 is 2.07 bits per heavy atom. The lowest BCUT2D eigenvalue weighted by Gasteiger charge is -2.21. The predicted molar refractivity (Wildman–Crippen MR) is 66.2 cm³/mol. The molecule has 0 bridgehead atoms. The highest BCUT2D eigenvalue weighted by molar-refractivity contribution is 7.79. The molecule has 0 radical (unpaired) electrons. The van der Waals surface area contributed by atoms with Gasteiger partial charge in [0, 0.05) is 13.2 Å². The van der Waals surface area contributed by atoms with Crippen LogP contribution in [-0.2, 0) is 9.53 Å². The summed E-state index contributed by atoms with van der Waals surface area (Å²) in [5.74, 6) is 0.342. The van der Waals surface area contributed by atoms with E-state index in [1.165, 1.54) is 0 Å². The van der Waals surface area contributed by atoms with Gasteiger partial charge in [0.2, 0.25) is 6.41 Å². The fourth-order valence-electron chi connectivity index (χ4n) is 1.12. The van der Waals surface area contributed by atoms with Crippen LogP contribution < -0.4 is 5.32 Å². The molecule has 1 atom stereocenters. The Morgan fingerprint density at radius 1 is 1.40 bits per heavy atom. The van der Waals surface area contributed by atoms with E-state index in [1.54, 1.807) is 5.37 Å².